The summed E-state index contributed by atoms with van der Waals surface area (Å²) in [6.45, 7) is 12.6. The molecule has 2 N–H and O–H groups in total. The number of nitrogens with one attached hydrogen (secondary N) is 1. The number of halogens is 3. The second-order valence-electron chi connectivity index (χ2n) is 17.3. The molecule has 1 aromatic carbocycles. The summed E-state index contributed by atoms with van der Waals surface area (Å²) < 4.78 is 83.7. The summed E-state index contributed by atoms with van der Waals surface area (Å²) in [5.74, 6) is -1.10. The van der Waals surface area contributed by atoms with E-state index >= 15 is 0 Å². The molecule has 0 radical (unpaired) electrons. The van der Waals surface area contributed by atoms with E-state index in [0.29, 0.717) is 37.9 Å². The molecule has 0 bridgehead atoms. The first-order chi connectivity index (χ1) is 23.7. The van der Waals surface area contributed by atoms with Crippen LogP contribution in [0.1, 0.15) is 105 Å². The van der Waals surface area contributed by atoms with Crippen LogP contribution in [0, 0.1) is 52.3 Å². The molecule has 9 nitrogen and oxygen atoms in total. The predicted molar refractivity (Wildman–Crippen MR) is 182 cm³/mol. The predicted octanol–water partition coefficient (Wildman–Crippen LogP) is 7.58. The van der Waals surface area contributed by atoms with Gasteiger partial charge in [0.15, 0.2) is 0 Å². The van der Waals surface area contributed by atoms with Crippen LogP contribution >= 0.6 is 0 Å². The molecular formula is C38H54F3NO8S. The Kier molecular flexibility index (Phi) is 10.0. The van der Waals surface area contributed by atoms with Crippen LogP contribution < -0.4 is 9.46 Å². The van der Waals surface area contributed by atoms with E-state index in [9.17, 15) is 36.3 Å². The molecule has 286 valence electrons. The Hall–Kier alpha value is -2.54. The average molecular weight is 742 g/mol. The highest BCUT2D eigenvalue weighted by molar-refractivity contribution is 7.90. The van der Waals surface area contributed by atoms with Gasteiger partial charge in [0.2, 0.25) is 0 Å². The minimum absolute atomic E-state index is 0.0272. The third kappa shape index (κ3) is 6.99. The molecule has 1 aromatic rings. The van der Waals surface area contributed by atoms with Gasteiger partial charge < -0.3 is 19.3 Å². The number of aliphatic hydroxyl groups excluding tert-OH is 1. The highest BCUT2D eigenvalue weighted by Crippen LogP contribution is 2.69. The van der Waals surface area contributed by atoms with Crippen molar-refractivity contribution in [2.75, 3.05) is 6.61 Å². The number of aryl methyl sites for hydroxylation is 1. The number of ether oxygens (including phenoxy) is 3. The second-order valence-corrected chi connectivity index (χ2v) is 19.0. The lowest BCUT2D eigenvalue weighted by Gasteiger charge is -2.64. The number of carbonyl (C=O) groups is 2. The molecule has 0 saturated heterocycles. The molecule has 13 heteroatoms. The molecule has 4 aliphatic carbocycles. The van der Waals surface area contributed by atoms with Crippen molar-refractivity contribution in [1.29, 1.82) is 0 Å². The fraction of sp³-hybridized carbons (Fsp3) is 0.789. The van der Waals surface area contributed by atoms with Crippen molar-refractivity contribution in [3.63, 3.8) is 0 Å². The van der Waals surface area contributed by atoms with Crippen LogP contribution in [0.5, 0.6) is 5.75 Å². The lowest BCUT2D eigenvalue weighted by atomic mass is 9.41. The van der Waals surface area contributed by atoms with Crippen molar-refractivity contribution < 1.29 is 50.5 Å². The molecule has 4 saturated carbocycles. The van der Waals surface area contributed by atoms with E-state index in [1.54, 1.807) is 12.1 Å². The maximum absolute atomic E-state index is 13.1. The Bertz CT molecular complexity index is 1620. The molecule has 0 unspecified atom stereocenters. The zero-order chi connectivity index (χ0) is 37.3. The Balaban J connectivity index is 1.09. The van der Waals surface area contributed by atoms with Crippen LogP contribution in [-0.4, -0.2) is 56.2 Å². The standard InChI is InChI=1S/C38H54F3NO8S/c1-7-25-29-19-23(49-33(44)38(39,40)41)13-16-37(29,6)28-14-17-36(5)26(9-10-27(36)31(28)32(25)43)21(2)20-48-34(45)42-51(46,47)24-8-11-30-22(18-24)12-15-35(3,4)50-30/h8,11,18,21,23,25-29,31-32,43H,7,9-10,12-17,19-20H2,1-6H3,(H,42,45)/t21-,23+,25-,26-,27+,28+,29+,31+,32-,36-,37-/m1/s1. The van der Waals surface area contributed by atoms with Crippen molar-refractivity contribution in [2.45, 2.75) is 135 Å². The average Bonchev–Trinajstić information content (AvgIpc) is 3.40. The van der Waals surface area contributed by atoms with Crippen LogP contribution in [0.15, 0.2) is 23.1 Å². The van der Waals surface area contributed by atoms with Crippen LogP contribution in [0.25, 0.3) is 0 Å². The van der Waals surface area contributed by atoms with Gasteiger partial charge in [-0.05, 0) is 148 Å². The van der Waals surface area contributed by atoms with Gasteiger partial charge in [0.25, 0.3) is 10.0 Å². The smallest absolute Gasteiger partial charge is 0.488 e. The van der Waals surface area contributed by atoms with Crippen molar-refractivity contribution >= 4 is 22.1 Å². The highest BCUT2D eigenvalue weighted by Gasteiger charge is 2.65. The minimum atomic E-state index is -5.03. The number of carbonyl (C=O) groups excluding carboxylic acids is 2. The van der Waals surface area contributed by atoms with E-state index in [-0.39, 0.29) is 69.4 Å². The van der Waals surface area contributed by atoms with Crippen molar-refractivity contribution in [3.8, 4) is 5.75 Å². The van der Waals surface area contributed by atoms with Gasteiger partial charge in [-0.25, -0.2) is 22.7 Å². The Morgan fingerprint density at radius 3 is 2.39 bits per heavy atom. The number of fused-ring (bicyclic) bond motifs is 6. The van der Waals surface area contributed by atoms with Crippen molar-refractivity contribution in [3.05, 3.63) is 23.8 Å². The van der Waals surface area contributed by atoms with E-state index in [0.717, 1.165) is 37.7 Å². The number of aliphatic hydroxyl groups is 1. The summed E-state index contributed by atoms with van der Waals surface area (Å²) in [4.78, 5) is 24.5. The Morgan fingerprint density at radius 2 is 1.71 bits per heavy atom. The summed E-state index contributed by atoms with van der Waals surface area (Å²) in [7, 11) is -4.16. The third-order valence-electron chi connectivity index (χ3n) is 14.1. The normalized spacial score (nSPS) is 37.8. The van der Waals surface area contributed by atoms with E-state index < -0.39 is 40.5 Å². The summed E-state index contributed by atoms with van der Waals surface area (Å²) in [6.07, 6.45) is -0.485. The molecule has 11 atom stereocenters. The summed E-state index contributed by atoms with van der Waals surface area (Å²) in [6, 6.07) is 4.59. The van der Waals surface area contributed by atoms with Gasteiger partial charge in [0.05, 0.1) is 17.6 Å². The molecule has 1 amide bonds. The molecule has 5 aliphatic rings. The van der Waals surface area contributed by atoms with Gasteiger partial charge >= 0.3 is 18.2 Å². The number of hydrogen-bond acceptors (Lipinski definition) is 8. The summed E-state index contributed by atoms with van der Waals surface area (Å²) >= 11 is 0. The first-order valence-electron chi connectivity index (χ1n) is 18.7. The number of alkyl halides is 3. The summed E-state index contributed by atoms with van der Waals surface area (Å²) in [5.41, 5.74) is 0.120. The van der Waals surface area contributed by atoms with Gasteiger partial charge in [-0.15, -0.1) is 0 Å². The molecule has 0 aromatic heterocycles. The van der Waals surface area contributed by atoms with Crippen LogP contribution in [0.3, 0.4) is 0 Å². The first-order valence-corrected chi connectivity index (χ1v) is 20.2. The number of rotatable bonds is 7. The molecule has 51 heavy (non-hydrogen) atoms. The maximum atomic E-state index is 13.1. The van der Waals surface area contributed by atoms with Gasteiger partial charge in [0.1, 0.15) is 17.5 Å². The van der Waals surface area contributed by atoms with E-state index in [1.165, 1.54) is 6.07 Å². The Labute approximate surface area is 299 Å². The van der Waals surface area contributed by atoms with Gasteiger partial charge in [0, 0.05) is 0 Å². The van der Waals surface area contributed by atoms with E-state index in [2.05, 4.69) is 18.6 Å². The van der Waals surface area contributed by atoms with Crippen LogP contribution in [0.4, 0.5) is 18.0 Å². The van der Waals surface area contributed by atoms with E-state index in [4.69, 9.17) is 14.2 Å². The lowest BCUT2D eigenvalue weighted by Crippen LogP contribution is -2.62. The minimum Gasteiger partial charge on any atom is -0.488 e. The largest absolute Gasteiger partial charge is 0.490 e. The number of benzene rings is 1. The maximum Gasteiger partial charge on any atom is 0.490 e. The topological polar surface area (TPSA) is 128 Å². The molecule has 0 spiro atoms. The zero-order valence-corrected chi connectivity index (χ0v) is 31.4. The van der Waals surface area contributed by atoms with Crippen molar-refractivity contribution in [2.24, 2.45) is 52.3 Å². The SMILES string of the molecule is CC[C@H]1[C@@H](O)[C@@H]2[C@H](CC[C@]3(C)[C@@H]([C@H](C)COC(=O)NS(=O)(=O)c4ccc5c(c4)CCC(C)(C)O5)CC[C@@H]23)[C@@]2(C)CC[C@H](OC(=O)C(F)(F)F)C[C@@H]12. The first kappa shape index (κ1) is 38.2. The van der Waals surface area contributed by atoms with E-state index in [1.807, 2.05) is 27.7 Å². The van der Waals surface area contributed by atoms with Crippen LogP contribution in [-0.2, 0) is 30.7 Å². The van der Waals surface area contributed by atoms with Crippen LogP contribution in [0.2, 0.25) is 0 Å². The fourth-order valence-electron chi connectivity index (χ4n) is 11.6. The van der Waals surface area contributed by atoms with Gasteiger partial charge in [-0.1, -0.05) is 34.1 Å². The molecule has 6 rings (SSSR count). The van der Waals surface area contributed by atoms with Gasteiger partial charge in [-0.3, -0.25) is 0 Å². The number of esters is 1. The number of sulfonamides is 1. The van der Waals surface area contributed by atoms with Gasteiger partial charge in [-0.2, -0.15) is 13.2 Å². The number of hydrogen-bond donors (Lipinski definition) is 2. The third-order valence-corrected chi connectivity index (χ3v) is 15.4. The second kappa shape index (κ2) is 13.4. The quantitative estimate of drug-likeness (QED) is 0.274. The fourth-order valence-corrected chi connectivity index (χ4v) is 12.5. The molecule has 1 heterocycles. The Morgan fingerprint density at radius 1 is 1.02 bits per heavy atom. The lowest BCUT2D eigenvalue weighted by molar-refractivity contribution is -0.223. The molecule has 4 fully saturated rings. The summed E-state index contributed by atoms with van der Waals surface area (Å²) in [5, 5.41) is 12.0. The monoisotopic (exact) mass is 741 g/mol. The molecule has 1 aliphatic heterocycles. The molecular weight excluding hydrogens is 687 g/mol. The van der Waals surface area contributed by atoms with Crippen molar-refractivity contribution in [1.82, 2.24) is 4.72 Å². The highest BCUT2D eigenvalue weighted by atomic mass is 32.2. The zero-order valence-electron chi connectivity index (χ0n) is 30.6. The number of amides is 1.